The summed E-state index contributed by atoms with van der Waals surface area (Å²) in [4.78, 5) is 14.3. The number of sulfonamides is 1. The van der Waals surface area contributed by atoms with Gasteiger partial charge < -0.3 is 9.47 Å². The van der Waals surface area contributed by atoms with Crippen molar-refractivity contribution < 1.29 is 13.2 Å². The molecule has 0 saturated carbocycles. The predicted octanol–water partition coefficient (Wildman–Crippen LogP) is 2.15. The Labute approximate surface area is 135 Å². The maximum atomic E-state index is 12.5. The van der Waals surface area contributed by atoms with E-state index >= 15 is 0 Å². The first-order valence-electron chi connectivity index (χ1n) is 7.58. The van der Waals surface area contributed by atoms with Gasteiger partial charge in [0.2, 0.25) is 0 Å². The van der Waals surface area contributed by atoms with Crippen LogP contribution in [0.15, 0.2) is 47.5 Å². The standard InChI is InChI=1S/C16H19N3O3S/c1-2-18-9-6-10-19-12-14(11-15(19)16(18)20)23(21,22)17-13-7-4-3-5-8-13/h3-5,7-8,11-12,17H,2,6,9-10H2,1H3. The van der Waals surface area contributed by atoms with Crippen molar-refractivity contribution in [3.63, 3.8) is 0 Å². The molecule has 1 aliphatic heterocycles. The van der Waals surface area contributed by atoms with Gasteiger partial charge in [-0.25, -0.2) is 8.42 Å². The van der Waals surface area contributed by atoms with E-state index in [1.54, 1.807) is 33.7 Å². The van der Waals surface area contributed by atoms with Gasteiger partial charge >= 0.3 is 0 Å². The average molecular weight is 333 g/mol. The highest BCUT2D eigenvalue weighted by Gasteiger charge is 2.26. The molecular formula is C16H19N3O3S. The van der Waals surface area contributed by atoms with Crippen LogP contribution in [-0.2, 0) is 16.6 Å². The van der Waals surface area contributed by atoms with Gasteiger partial charge in [-0.3, -0.25) is 9.52 Å². The van der Waals surface area contributed by atoms with E-state index in [1.165, 1.54) is 12.3 Å². The Kier molecular flexibility index (Phi) is 4.12. The molecule has 0 unspecified atom stereocenters. The number of hydrogen-bond acceptors (Lipinski definition) is 3. The summed E-state index contributed by atoms with van der Waals surface area (Å²) in [5.41, 5.74) is 0.924. The number of amides is 1. The second-order valence-electron chi connectivity index (χ2n) is 5.46. The summed E-state index contributed by atoms with van der Waals surface area (Å²) in [6.07, 6.45) is 2.35. The Bertz CT molecular complexity index is 812. The predicted molar refractivity (Wildman–Crippen MR) is 87.9 cm³/mol. The Morgan fingerprint density at radius 1 is 1.17 bits per heavy atom. The zero-order valence-electron chi connectivity index (χ0n) is 12.9. The fourth-order valence-electron chi connectivity index (χ4n) is 2.71. The molecule has 2 heterocycles. The van der Waals surface area contributed by atoms with Gasteiger partial charge in [-0.2, -0.15) is 0 Å². The molecule has 1 aromatic heterocycles. The Balaban J connectivity index is 1.93. The molecule has 0 saturated heterocycles. The van der Waals surface area contributed by atoms with Gasteiger partial charge in [-0.1, -0.05) is 18.2 Å². The molecular weight excluding hydrogens is 314 g/mol. The number of nitrogens with zero attached hydrogens (tertiary/aromatic N) is 2. The van der Waals surface area contributed by atoms with E-state index in [0.717, 1.165) is 6.42 Å². The van der Waals surface area contributed by atoms with Crippen molar-refractivity contribution in [3.8, 4) is 0 Å². The number of nitrogens with one attached hydrogen (secondary N) is 1. The minimum Gasteiger partial charge on any atom is -0.342 e. The molecule has 0 aliphatic carbocycles. The lowest BCUT2D eigenvalue weighted by Crippen LogP contribution is -2.30. The first-order chi connectivity index (χ1) is 11.0. The summed E-state index contributed by atoms with van der Waals surface area (Å²) >= 11 is 0. The number of aryl methyl sites for hydroxylation is 1. The Hall–Kier alpha value is -2.28. The van der Waals surface area contributed by atoms with Crippen LogP contribution in [0.5, 0.6) is 0 Å². The van der Waals surface area contributed by atoms with Crippen LogP contribution in [0.25, 0.3) is 0 Å². The van der Waals surface area contributed by atoms with Crippen molar-refractivity contribution in [2.24, 2.45) is 0 Å². The van der Waals surface area contributed by atoms with Crippen molar-refractivity contribution in [2.45, 2.75) is 24.8 Å². The van der Waals surface area contributed by atoms with Crippen LogP contribution in [-0.4, -0.2) is 36.9 Å². The second kappa shape index (κ2) is 6.08. The normalized spacial score (nSPS) is 15.2. The van der Waals surface area contributed by atoms with Crippen LogP contribution < -0.4 is 4.72 Å². The zero-order chi connectivity index (χ0) is 16.4. The molecule has 7 heteroatoms. The Morgan fingerprint density at radius 2 is 1.91 bits per heavy atom. The fourth-order valence-corrected chi connectivity index (χ4v) is 3.81. The molecule has 0 fully saturated rings. The maximum absolute atomic E-state index is 12.5. The number of hydrogen-bond donors (Lipinski definition) is 1. The summed E-state index contributed by atoms with van der Waals surface area (Å²) < 4.78 is 29.3. The lowest BCUT2D eigenvalue weighted by Gasteiger charge is -2.17. The van der Waals surface area contributed by atoms with Gasteiger partial charge in [0.25, 0.3) is 15.9 Å². The van der Waals surface area contributed by atoms with Gasteiger partial charge in [0.05, 0.1) is 0 Å². The summed E-state index contributed by atoms with van der Waals surface area (Å²) in [6.45, 7) is 3.87. The highest BCUT2D eigenvalue weighted by Crippen LogP contribution is 2.22. The number of para-hydroxylation sites is 1. The smallest absolute Gasteiger partial charge is 0.270 e. The first-order valence-corrected chi connectivity index (χ1v) is 9.07. The SMILES string of the molecule is CCN1CCCn2cc(S(=O)(=O)Nc3ccccc3)cc2C1=O. The van der Waals surface area contributed by atoms with Crippen molar-refractivity contribution in [2.75, 3.05) is 17.8 Å². The molecule has 6 nitrogen and oxygen atoms in total. The molecule has 122 valence electrons. The third-order valence-corrected chi connectivity index (χ3v) is 5.27. The molecule has 1 aliphatic rings. The number of carbonyl (C=O) groups excluding carboxylic acids is 1. The molecule has 23 heavy (non-hydrogen) atoms. The lowest BCUT2D eigenvalue weighted by molar-refractivity contribution is 0.0766. The number of rotatable bonds is 4. The minimum absolute atomic E-state index is 0.114. The van der Waals surface area contributed by atoms with E-state index in [1.807, 2.05) is 13.0 Å². The number of carbonyl (C=O) groups is 1. The van der Waals surface area contributed by atoms with Gasteiger partial charge in [-0.05, 0) is 31.5 Å². The van der Waals surface area contributed by atoms with Gasteiger partial charge in [0.1, 0.15) is 10.6 Å². The molecule has 2 aromatic rings. The number of fused-ring (bicyclic) bond motifs is 1. The molecule has 0 bridgehead atoms. The molecule has 1 N–H and O–H groups in total. The topological polar surface area (TPSA) is 71.4 Å². The second-order valence-corrected chi connectivity index (χ2v) is 7.15. The quantitative estimate of drug-likeness (QED) is 0.932. The van der Waals surface area contributed by atoms with Crippen molar-refractivity contribution in [1.82, 2.24) is 9.47 Å². The van der Waals surface area contributed by atoms with E-state index < -0.39 is 10.0 Å². The minimum atomic E-state index is -3.71. The molecule has 3 rings (SSSR count). The van der Waals surface area contributed by atoms with E-state index in [-0.39, 0.29) is 10.8 Å². The van der Waals surface area contributed by atoms with Crippen LogP contribution in [0.2, 0.25) is 0 Å². The number of aromatic nitrogens is 1. The van der Waals surface area contributed by atoms with Crippen molar-refractivity contribution in [3.05, 3.63) is 48.3 Å². The average Bonchev–Trinajstić information content (AvgIpc) is 2.91. The summed E-state index contributed by atoms with van der Waals surface area (Å²) in [5, 5.41) is 0. The summed E-state index contributed by atoms with van der Waals surface area (Å²) in [7, 11) is -3.71. The summed E-state index contributed by atoms with van der Waals surface area (Å²) in [5.74, 6) is -0.119. The largest absolute Gasteiger partial charge is 0.342 e. The van der Waals surface area contributed by atoms with Crippen LogP contribution in [0.1, 0.15) is 23.8 Å². The molecule has 1 amide bonds. The van der Waals surface area contributed by atoms with E-state index in [9.17, 15) is 13.2 Å². The van der Waals surface area contributed by atoms with Gasteiger partial charge in [-0.15, -0.1) is 0 Å². The summed E-state index contributed by atoms with van der Waals surface area (Å²) in [6, 6.07) is 10.2. The maximum Gasteiger partial charge on any atom is 0.270 e. The van der Waals surface area contributed by atoms with E-state index in [2.05, 4.69) is 4.72 Å². The first kappa shape index (κ1) is 15.6. The van der Waals surface area contributed by atoms with Gasteiger partial charge in [0.15, 0.2) is 0 Å². The third kappa shape index (κ3) is 3.10. The van der Waals surface area contributed by atoms with Crippen LogP contribution in [0.3, 0.4) is 0 Å². The molecule has 0 atom stereocenters. The monoisotopic (exact) mass is 333 g/mol. The van der Waals surface area contributed by atoms with Crippen LogP contribution in [0, 0.1) is 0 Å². The fraction of sp³-hybridized carbons (Fsp3) is 0.312. The number of anilines is 1. The Morgan fingerprint density at radius 3 is 2.61 bits per heavy atom. The lowest BCUT2D eigenvalue weighted by atomic mass is 10.3. The molecule has 0 radical (unpaired) electrons. The molecule has 1 aromatic carbocycles. The third-order valence-electron chi connectivity index (χ3n) is 3.92. The van der Waals surface area contributed by atoms with Crippen molar-refractivity contribution in [1.29, 1.82) is 0 Å². The van der Waals surface area contributed by atoms with E-state index in [0.29, 0.717) is 31.0 Å². The van der Waals surface area contributed by atoms with Gasteiger partial charge in [0, 0.05) is 31.5 Å². The zero-order valence-corrected chi connectivity index (χ0v) is 13.7. The highest BCUT2D eigenvalue weighted by atomic mass is 32.2. The van der Waals surface area contributed by atoms with Crippen LogP contribution in [0.4, 0.5) is 5.69 Å². The van der Waals surface area contributed by atoms with E-state index in [4.69, 9.17) is 0 Å². The molecule has 0 spiro atoms. The number of benzene rings is 1. The van der Waals surface area contributed by atoms with Crippen LogP contribution >= 0.6 is 0 Å². The van der Waals surface area contributed by atoms with Crippen molar-refractivity contribution >= 4 is 21.6 Å². The highest BCUT2D eigenvalue weighted by molar-refractivity contribution is 7.92.